The van der Waals surface area contributed by atoms with Gasteiger partial charge in [0, 0.05) is 32.8 Å². The maximum absolute atomic E-state index is 12.7. The van der Waals surface area contributed by atoms with Crippen molar-refractivity contribution in [2.24, 2.45) is 0 Å². The molecule has 0 aliphatic carbocycles. The van der Waals surface area contributed by atoms with Crippen molar-refractivity contribution >= 4 is 21.9 Å². The Balaban J connectivity index is 1.21. The molecule has 1 atom stereocenters. The zero-order valence-corrected chi connectivity index (χ0v) is 19.6. The van der Waals surface area contributed by atoms with Crippen LogP contribution in [-0.2, 0) is 24.3 Å². The Labute approximate surface area is 199 Å². The minimum atomic E-state index is -3.59. The van der Waals surface area contributed by atoms with E-state index in [4.69, 9.17) is 14.2 Å². The van der Waals surface area contributed by atoms with Crippen LogP contribution in [0.4, 0.5) is 0 Å². The van der Waals surface area contributed by atoms with E-state index in [-0.39, 0.29) is 43.1 Å². The molecule has 0 radical (unpaired) electrons. The maximum Gasteiger partial charge on any atom is 0.338 e. The SMILES string of the molecule is O=C(OCC(=O)N1CCN(S(=O)(=O)c2ccccc2)CC1)c1ccc(OCC2CCCO2)cc1. The van der Waals surface area contributed by atoms with Crippen molar-refractivity contribution in [1.82, 2.24) is 9.21 Å². The molecule has 2 saturated heterocycles. The predicted molar refractivity (Wildman–Crippen MR) is 123 cm³/mol. The predicted octanol–water partition coefficient (Wildman–Crippen LogP) is 1.93. The third-order valence-corrected chi connectivity index (χ3v) is 7.76. The minimum Gasteiger partial charge on any atom is -0.491 e. The fourth-order valence-corrected chi connectivity index (χ4v) is 5.32. The third-order valence-electron chi connectivity index (χ3n) is 5.85. The Hall–Kier alpha value is -2.95. The van der Waals surface area contributed by atoms with Crippen molar-refractivity contribution in [1.29, 1.82) is 0 Å². The summed E-state index contributed by atoms with van der Waals surface area (Å²) in [6.07, 6.45) is 2.13. The monoisotopic (exact) mass is 488 g/mol. The second-order valence-corrected chi connectivity index (χ2v) is 10.1. The molecule has 0 N–H and O–H groups in total. The molecule has 0 aromatic heterocycles. The van der Waals surface area contributed by atoms with Gasteiger partial charge in [-0.3, -0.25) is 4.79 Å². The largest absolute Gasteiger partial charge is 0.491 e. The lowest BCUT2D eigenvalue weighted by Crippen LogP contribution is -2.51. The summed E-state index contributed by atoms with van der Waals surface area (Å²) >= 11 is 0. The quantitative estimate of drug-likeness (QED) is 0.523. The molecule has 10 heteroatoms. The molecule has 0 saturated carbocycles. The number of rotatable bonds is 8. The van der Waals surface area contributed by atoms with Crippen molar-refractivity contribution in [3.63, 3.8) is 0 Å². The Bertz CT molecular complexity index is 1080. The molecule has 2 aliphatic heterocycles. The second kappa shape index (κ2) is 11.0. The molecule has 1 unspecified atom stereocenters. The van der Waals surface area contributed by atoms with E-state index in [1.54, 1.807) is 54.6 Å². The Morgan fingerprint density at radius 1 is 0.971 bits per heavy atom. The molecular formula is C24H28N2O7S. The van der Waals surface area contributed by atoms with Crippen LogP contribution in [0.25, 0.3) is 0 Å². The molecule has 34 heavy (non-hydrogen) atoms. The molecule has 0 bridgehead atoms. The average Bonchev–Trinajstić information content (AvgIpc) is 3.40. The molecule has 2 aromatic rings. The van der Waals surface area contributed by atoms with E-state index in [0.29, 0.717) is 17.9 Å². The van der Waals surface area contributed by atoms with Gasteiger partial charge < -0.3 is 19.1 Å². The van der Waals surface area contributed by atoms with Crippen molar-refractivity contribution < 1.29 is 32.2 Å². The fourth-order valence-electron chi connectivity index (χ4n) is 3.87. The van der Waals surface area contributed by atoms with Gasteiger partial charge in [-0.25, -0.2) is 13.2 Å². The number of esters is 1. The van der Waals surface area contributed by atoms with Crippen LogP contribution in [0, 0.1) is 0 Å². The van der Waals surface area contributed by atoms with Gasteiger partial charge in [0.05, 0.1) is 16.6 Å². The van der Waals surface area contributed by atoms with E-state index in [0.717, 1.165) is 19.4 Å². The summed E-state index contributed by atoms with van der Waals surface area (Å²) in [5.74, 6) is -0.336. The number of carbonyl (C=O) groups is 2. The smallest absolute Gasteiger partial charge is 0.338 e. The number of piperazine rings is 1. The van der Waals surface area contributed by atoms with Crippen LogP contribution >= 0.6 is 0 Å². The van der Waals surface area contributed by atoms with Crippen molar-refractivity contribution in [3.05, 3.63) is 60.2 Å². The lowest BCUT2D eigenvalue weighted by atomic mass is 10.2. The summed E-state index contributed by atoms with van der Waals surface area (Å²) in [4.78, 5) is 26.5. The third kappa shape index (κ3) is 5.94. The highest BCUT2D eigenvalue weighted by Gasteiger charge is 2.30. The fraction of sp³-hybridized carbons (Fsp3) is 0.417. The molecule has 2 heterocycles. The highest BCUT2D eigenvalue weighted by molar-refractivity contribution is 7.89. The standard InChI is InChI=1S/C24H28N2O7S/c27-23(25-12-14-26(15-13-25)34(29,30)22-6-2-1-3-7-22)18-33-24(28)19-8-10-20(11-9-19)32-17-21-5-4-16-31-21/h1-3,6-11,21H,4-5,12-18H2. The average molecular weight is 489 g/mol. The Morgan fingerprint density at radius 2 is 1.68 bits per heavy atom. The van der Waals surface area contributed by atoms with Gasteiger partial charge in [-0.15, -0.1) is 0 Å². The summed E-state index contributed by atoms with van der Waals surface area (Å²) in [6.45, 7) is 1.67. The Morgan fingerprint density at radius 3 is 2.32 bits per heavy atom. The van der Waals surface area contributed by atoms with Gasteiger partial charge in [0.25, 0.3) is 5.91 Å². The van der Waals surface area contributed by atoms with Crippen molar-refractivity contribution in [2.75, 3.05) is 46.0 Å². The van der Waals surface area contributed by atoms with Crippen LogP contribution in [0.3, 0.4) is 0 Å². The van der Waals surface area contributed by atoms with Crippen molar-refractivity contribution in [2.45, 2.75) is 23.8 Å². The van der Waals surface area contributed by atoms with E-state index in [2.05, 4.69) is 0 Å². The maximum atomic E-state index is 12.7. The van der Waals surface area contributed by atoms with Crippen LogP contribution in [0.2, 0.25) is 0 Å². The van der Waals surface area contributed by atoms with Crippen LogP contribution in [0.5, 0.6) is 5.75 Å². The van der Waals surface area contributed by atoms with Crippen LogP contribution in [-0.4, -0.2) is 81.6 Å². The summed E-state index contributed by atoms with van der Waals surface area (Å²) < 4.78 is 43.1. The number of hydrogen-bond acceptors (Lipinski definition) is 7. The number of nitrogens with zero attached hydrogens (tertiary/aromatic N) is 2. The zero-order chi connectivity index (χ0) is 24.0. The molecule has 4 rings (SSSR count). The van der Waals surface area contributed by atoms with E-state index in [9.17, 15) is 18.0 Å². The summed E-state index contributed by atoms with van der Waals surface area (Å²) in [7, 11) is -3.59. The highest BCUT2D eigenvalue weighted by Crippen LogP contribution is 2.18. The molecular weight excluding hydrogens is 460 g/mol. The molecule has 0 spiro atoms. The number of carbonyl (C=O) groups excluding carboxylic acids is 2. The first-order chi connectivity index (χ1) is 16.4. The number of benzene rings is 2. The second-order valence-electron chi connectivity index (χ2n) is 8.14. The zero-order valence-electron chi connectivity index (χ0n) is 18.8. The van der Waals surface area contributed by atoms with Gasteiger partial charge in [-0.1, -0.05) is 18.2 Å². The van der Waals surface area contributed by atoms with Gasteiger partial charge in [0.1, 0.15) is 12.4 Å². The number of amides is 1. The number of hydrogen-bond donors (Lipinski definition) is 0. The molecule has 2 fully saturated rings. The van der Waals surface area contributed by atoms with E-state index in [1.807, 2.05) is 0 Å². The van der Waals surface area contributed by atoms with Gasteiger partial charge in [0.2, 0.25) is 10.0 Å². The van der Waals surface area contributed by atoms with Gasteiger partial charge in [0.15, 0.2) is 6.61 Å². The molecule has 182 valence electrons. The highest BCUT2D eigenvalue weighted by atomic mass is 32.2. The number of sulfonamides is 1. The number of ether oxygens (including phenoxy) is 3. The molecule has 2 aliphatic rings. The van der Waals surface area contributed by atoms with E-state index in [1.165, 1.54) is 9.21 Å². The normalized spacial score (nSPS) is 19.1. The first-order valence-electron chi connectivity index (χ1n) is 11.3. The molecule has 2 aromatic carbocycles. The topological polar surface area (TPSA) is 102 Å². The Kier molecular flexibility index (Phi) is 7.81. The van der Waals surface area contributed by atoms with Crippen molar-refractivity contribution in [3.8, 4) is 5.75 Å². The van der Waals surface area contributed by atoms with Crippen LogP contribution in [0.1, 0.15) is 23.2 Å². The summed E-state index contributed by atoms with van der Waals surface area (Å²) in [5.41, 5.74) is 0.316. The molecule has 9 nitrogen and oxygen atoms in total. The van der Waals surface area contributed by atoms with Crippen LogP contribution in [0.15, 0.2) is 59.5 Å². The van der Waals surface area contributed by atoms with Crippen LogP contribution < -0.4 is 4.74 Å². The first-order valence-corrected chi connectivity index (χ1v) is 12.7. The van der Waals surface area contributed by atoms with E-state index < -0.39 is 22.6 Å². The lowest BCUT2D eigenvalue weighted by molar-refractivity contribution is -0.135. The summed E-state index contributed by atoms with van der Waals surface area (Å²) in [5, 5.41) is 0. The van der Waals surface area contributed by atoms with Gasteiger partial charge in [-0.05, 0) is 49.2 Å². The lowest BCUT2D eigenvalue weighted by Gasteiger charge is -2.33. The summed E-state index contributed by atoms with van der Waals surface area (Å²) in [6, 6.07) is 14.7. The minimum absolute atomic E-state index is 0.107. The first kappa shape index (κ1) is 24.2. The van der Waals surface area contributed by atoms with Gasteiger partial charge >= 0.3 is 5.97 Å². The van der Waals surface area contributed by atoms with E-state index >= 15 is 0 Å². The molecule has 1 amide bonds. The van der Waals surface area contributed by atoms with Gasteiger partial charge in [-0.2, -0.15) is 4.31 Å².